The second-order valence-electron chi connectivity index (χ2n) is 9.19. The predicted octanol–water partition coefficient (Wildman–Crippen LogP) is 3.54. The van der Waals surface area contributed by atoms with Crippen LogP contribution in [0.1, 0.15) is 77.0 Å². The molecule has 0 aliphatic heterocycles. The molecule has 25 heavy (non-hydrogen) atoms. The Bertz CT molecular complexity index is 494. The van der Waals surface area contributed by atoms with Crippen molar-refractivity contribution in [2.24, 2.45) is 22.2 Å². The Balaban J connectivity index is 1.85. The number of carboxylic acids is 3. The van der Waals surface area contributed by atoms with Gasteiger partial charge in [0.15, 0.2) is 0 Å². The van der Waals surface area contributed by atoms with E-state index in [2.05, 4.69) is 0 Å². The van der Waals surface area contributed by atoms with Gasteiger partial charge in [0, 0.05) is 19.3 Å². The Labute approximate surface area is 147 Å². The van der Waals surface area contributed by atoms with Gasteiger partial charge < -0.3 is 15.3 Å². The van der Waals surface area contributed by atoms with Gasteiger partial charge >= 0.3 is 17.9 Å². The first kappa shape index (κ1) is 18.2. The lowest BCUT2D eigenvalue weighted by molar-refractivity contribution is -0.175. The monoisotopic (exact) mass is 352 g/mol. The average molecular weight is 352 g/mol. The van der Waals surface area contributed by atoms with Gasteiger partial charge in [-0.25, -0.2) is 0 Å². The summed E-state index contributed by atoms with van der Waals surface area (Å²) < 4.78 is 0. The maximum absolute atomic E-state index is 11.1. The second kappa shape index (κ2) is 6.29. The van der Waals surface area contributed by atoms with Gasteiger partial charge in [-0.3, -0.25) is 14.4 Å². The van der Waals surface area contributed by atoms with Crippen LogP contribution in [0.5, 0.6) is 0 Å². The van der Waals surface area contributed by atoms with Crippen molar-refractivity contribution in [3.63, 3.8) is 0 Å². The number of hydrogen-bond acceptors (Lipinski definition) is 3. The van der Waals surface area contributed by atoms with Crippen molar-refractivity contribution in [1.82, 2.24) is 0 Å². The largest absolute Gasteiger partial charge is 0.481 e. The Morgan fingerprint density at radius 3 is 1.16 bits per heavy atom. The van der Waals surface area contributed by atoms with Crippen molar-refractivity contribution < 1.29 is 29.7 Å². The van der Waals surface area contributed by atoms with Crippen LogP contribution in [0.15, 0.2) is 0 Å². The zero-order chi connectivity index (χ0) is 18.3. The molecule has 4 aliphatic carbocycles. The molecule has 0 unspecified atom stereocenters. The minimum atomic E-state index is -0.782. The Morgan fingerprint density at radius 1 is 0.640 bits per heavy atom. The summed E-state index contributed by atoms with van der Waals surface area (Å²) in [5, 5.41) is 27.4. The maximum Gasteiger partial charge on any atom is 0.303 e. The molecule has 6 heteroatoms. The molecule has 0 aromatic rings. The fraction of sp³-hybridized carbons (Fsp3) is 0.842. The molecule has 4 rings (SSSR count). The van der Waals surface area contributed by atoms with Crippen LogP contribution in [0, 0.1) is 22.2 Å². The highest BCUT2D eigenvalue weighted by Gasteiger charge is 2.62. The second-order valence-corrected chi connectivity index (χ2v) is 9.19. The normalized spacial score (nSPS) is 38.6. The molecule has 4 fully saturated rings. The summed E-state index contributed by atoms with van der Waals surface area (Å²) >= 11 is 0. The molecule has 0 amide bonds. The summed E-state index contributed by atoms with van der Waals surface area (Å²) in [5.41, 5.74) is -0.0988. The fourth-order valence-corrected chi connectivity index (χ4v) is 7.01. The Hall–Kier alpha value is -1.59. The third kappa shape index (κ3) is 3.82. The first-order valence-corrected chi connectivity index (χ1v) is 9.31. The summed E-state index contributed by atoms with van der Waals surface area (Å²) in [7, 11) is 0. The standard InChI is InChI=1S/C19H28O6/c20-14(21)1-4-17-7-13-8-18(10-17,5-2-15(22)23)12-19(9-13,11-17)6-3-16(24)25/h13H,1-12H2,(H,20,21)(H,22,23)(H,24,25). The van der Waals surface area contributed by atoms with E-state index in [1.54, 1.807) is 0 Å². The molecule has 0 aromatic carbocycles. The molecule has 4 bridgehead atoms. The number of carboxylic acid groups (broad SMARTS) is 3. The summed E-state index contributed by atoms with van der Waals surface area (Å²) in [6, 6.07) is 0. The first-order valence-electron chi connectivity index (χ1n) is 9.31. The lowest BCUT2D eigenvalue weighted by Crippen LogP contribution is -2.57. The van der Waals surface area contributed by atoms with E-state index in [9.17, 15) is 14.4 Å². The molecule has 0 atom stereocenters. The smallest absolute Gasteiger partial charge is 0.303 e. The van der Waals surface area contributed by atoms with Gasteiger partial charge in [-0.05, 0) is 80.0 Å². The quantitative estimate of drug-likeness (QED) is 0.585. The van der Waals surface area contributed by atoms with Crippen LogP contribution < -0.4 is 0 Å². The van der Waals surface area contributed by atoms with E-state index in [0.29, 0.717) is 25.2 Å². The lowest BCUT2D eigenvalue weighted by Gasteiger charge is -2.67. The summed E-state index contributed by atoms with van der Waals surface area (Å²) in [6.07, 6.45) is 8.24. The molecule has 140 valence electrons. The first-order chi connectivity index (χ1) is 11.7. The number of carbonyl (C=O) groups is 3. The van der Waals surface area contributed by atoms with E-state index in [1.807, 2.05) is 0 Å². The van der Waals surface area contributed by atoms with E-state index in [1.165, 1.54) is 0 Å². The molecule has 4 aliphatic rings. The third-order valence-electron chi connectivity index (χ3n) is 7.02. The fourth-order valence-electron chi connectivity index (χ4n) is 7.01. The van der Waals surface area contributed by atoms with Crippen LogP contribution in [0.4, 0.5) is 0 Å². The van der Waals surface area contributed by atoms with Gasteiger partial charge in [-0.1, -0.05) is 0 Å². The van der Waals surface area contributed by atoms with Crippen molar-refractivity contribution in [2.45, 2.75) is 77.0 Å². The molecule has 0 saturated heterocycles. The number of hydrogen-bond donors (Lipinski definition) is 3. The molecular weight excluding hydrogens is 324 g/mol. The molecule has 4 saturated carbocycles. The van der Waals surface area contributed by atoms with Crippen molar-refractivity contribution in [1.29, 1.82) is 0 Å². The molecular formula is C19H28O6. The number of rotatable bonds is 9. The highest BCUT2D eigenvalue weighted by Crippen LogP contribution is 2.73. The lowest BCUT2D eigenvalue weighted by atomic mass is 9.37. The third-order valence-corrected chi connectivity index (χ3v) is 7.02. The van der Waals surface area contributed by atoms with Crippen molar-refractivity contribution in [2.75, 3.05) is 0 Å². The van der Waals surface area contributed by atoms with Crippen LogP contribution in [0.2, 0.25) is 0 Å². The van der Waals surface area contributed by atoms with Gasteiger partial charge in [0.2, 0.25) is 0 Å². The van der Waals surface area contributed by atoms with Gasteiger partial charge in [0.05, 0.1) is 0 Å². The van der Waals surface area contributed by atoms with Gasteiger partial charge in [0.1, 0.15) is 0 Å². The molecule has 0 radical (unpaired) electrons. The van der Waals surface area contributed by atoms with E-state index in [0.717, 1.165) is 38.5 Å². The van der Waals surface area contributed by atoms with Gasteiger partial charge in [-0.15, -0.1) is 0 Å². The molecule has 0 spiro atoms. The van der Waals surface area contributed by atoms with E-state index in [4.69, 9.17) is 15.3 Å². The van der Waals surface area contributed by atoms with Crippen LogP contribution in [0.3, 0.4) is 0 Å². The van der Waals surface area contributed by atoms with E-state index >= 15 is 0 Å². The SMILES string of the molecule is O=C(O)CCC12CC3CC(CCC(=O)O)(C1)CC(CCC(=O)O)(C3)C2. The Morgan fingerprint density at radius 2 is 0.920 bits per heavy atom. The predicted molar refractivity (Wildman–Crippen MR) is 89.1 cm³/mol. The average Bonchev–Trinajstić information content (AvgIpc) is 2.48. The minimum Gasteiger partial charge on any atom is -0.481 e. The minimum absolute atomic E-state index is 0.0329. The summed E-state index contributed by atoms with van der Waals surface area (Å²) in [4.78, 5) is 33.4. The van der Waals surface area contributed by atoms with Crippen LogP contribution in [-0.2, 0) is 14.4 Å². The topological polar surface area (TPSA) is 112 Å². The summed E-state index contributed by atoms with van der Waals surface area (Å²) in [6.45, 7) is 0. The van der Waals surface area contributed by atoms with Gasteiger partial charge in [-0.2, -0.15) is 0 Å². The van der Waals surface area contributed by atoms with E-state index < -0.39 is 17.9 Å². The van der Waals surface area contributed by atoms with E-state index in [-0.39, 0.29) is 35.5 Å². The number of aliphatic carboxylic acids is 3. The summed E-state index contributed by atoms with van der Waals surface area (Å²) in [5.74, 6) is -1.85. The van der Waals surface area contributed by atoms with Crippen molar-refractivity contribution in [3.8, 4) is 0 Å². The highest BCUT2D eigenvalue weighted by molar-refractivity contribution is 5.67. The zero-order valence-corrected chi connectivity index (χ0v) is 14.6. The van der Waals surface area contributed by atoms with Crippen LogP contribution >= 0.6 is 0 Å². The van der Waals surface area contributed by atoms with Crippen molar-refractivity contribution >= 4 is 17.9 Å². The van der Waals surface area contributed by atoms with Gasteiger partial charge in [0.25, 0.3) is 0 Å². The van der Waals surface area contributed by atoms with Crippen LogP contribution in [-0.4, -0.2) is 33.2 Å². The highest BCUT2D eigenvalue weighted by atomic mass is 16.4. The van der Waals surface area contributed by atoms with Crippen LogP contribution in [0.25, 0.3) is 0 Å². The molecule has 0 aromatic heterocycles. The molecule has 0 heterocycles. The molecule has 6 nitrogen and oxygen atoms in total. The Kier molecular flexibility index (Phi) is 4.58. The zero-order valence-electron chi connectivity index (χ0n) is 14.6. The maximum atomic E-state index is 11.1. The van der Waals surface area contributed by atoms with Crippen molar-refractivity contribution in [3.05, 3.63) is 0 Å². The molecule has 3 N–H and O–H groups in total.